The normalized spacial score (nSPS) is 19.4. The monoisotopic (exact) mass is 481 g/mol. The van der Waals surface area contributed by atoms with Crippen LogP contribution < -0.4 is 16.0 Å². The number of anilines is 1. The summed E-state index contributed by atoms with van der Waals surface area (Å²) in [6, 6.07) is 4.20. The largest absolute Gasteiger partial charge is 0.372 e. The zero-order chi connectivity index (χ0) is 23.8. The maximum atomic E-state index is 6.13. The summed E-state index contributed by atoms with van der Waals surface area (Å²) in [6.07, 6.45) is 15.3. The minimum absolute atomic E-state index is 0.0435. The molecule has 3 heterocycles. The van der Waals surface area contributed by atoms with E-state index in [0.29, 0.717) is 12.5 Å². The van der Waals surface area contributed by atoms with Crippen molar-refractivity contribution < 1.29 is 4.74 Å². The number of aromatic amines is 1. The van der Waals surface area contributed by atoms with E-state index in [1.165, 1.54) is 11.1 Å². The molecule has 2 aromatic rings. The summed E-state index contributed by atoms with van der Waals surface area (Å²) in [7, 11) is 0. The van der Waals surface area contributed by atoms with Gasteiger partial charge in [-0.05, 0) is 61.2 Å². The van der Waals surface area contributed by atoms with E-state index in [4.69, 9.17) is 21.3 Å². The van der Waals surface area contributed by atoms with Gasteiger partial charge >= 0.3 is 0 Å². The number of nitrogens with one attached hydrogen (secondary N) is 2. The number of aromatic nitrogens is 2. The summed E-state index contributed by atoms with van der Waals surface area (Å²) >= 11 is 6.00. The van der Waals surface area contributed by atoms with Gasteiger partial charge in [-0.1, -0.05) is 43.7 Å². The van der Waals surface area contributed by atoms with Crippen molar-refractivity contribution in [2.24, 2.45) is 10.9 Å². The van der Waals surface area contributed by atoms with E-state index in [9.17, 15) is 0 Å². The molecule has 2 aromatic heterocycles. The average molecular weight is 482 g/mol. The van der Waals surface area contributed by atoms with Crippen molar-refractivity contribution in [3.63, 3.8) is 0 Å². The van der Waals surface area contributed by atoms with Gasteiger partial charge in [0.25, 0.3) is 0 Å². The summed E-state index contributed by atoms with van der Waals surface area (Å²) in [4.78, 5) is 15.1. The summed E-state index contributed by atoms with van der Waals surface area (Å²) < 4.78 is 6.13. The van der Waals surface area contributed by atoms with Gasteiger partial charge in [-0.3, -0.25) is 4.99 Å². The molecule has 1 aliphatic carbocycles. The quantitative estimate of drug-likeness (QED) is 0.454. The predicted molar refractivity (Wildman–Crippen MR) is 140 cm³/mol. The summed E-state index contributed by atoms with van der Waals surface area (Å²) in [5.74, 6) is 1.34. The Morgan fingerprint density at radius 3 is 2.88 bits per heavy atom. The number of rotatable bonds is 12. The standard InChI is InChI=1S/C27H36ClN5O/c1-3-33(4-2)12-5-13-34-24-15-25-22(18-31-27(25)32-19-24)14-21-8-11-26(30-17-21)29-16-20-6-9-23(28)10-7-20/h6,8-11,15,17-18,20,24H,3-5,7,12-14,16,19H2,1-2H3,(H,29,30)(H,31,32). The third kappa shape index (κ3) is 6.81. The highest BCUT2D eigenvalue weighted by atomic mass is 35.5. The van der Waals surface area contributed by atoms with Gasteiger partial charge in [0, 0.05) is 48.8 Å². The fraction of sp³-hybridized carbons (Fsp3) is 0.481. The SMILES string of the molecule is CCN(CC)CCCOC1C=c2c(Cc3ccc(NCC4C=CC(Cl)=CC4)nc3)c[nH]c2=NC1. The molecular weight excluding hydrogens is 446 g/mol. The maximum absolute atomic E-state index is 6.13. The number of hydrogen-bond acceptors (Lipinski definition) is 5. The van der Waals surface area contributed by atoms with Gasteiger partial charge in [-0.15, -0.1) is 0 Å². The van der Waals surface area contributed by atoms with Crippen LogP contribution in [-0.2, 0) is 11.2 Å². The molecule has 0 saturated heterocycles. The Morgan fingerprint density at radius 1 is 1.26 bits per heavy atom. The molecule has 0 fully saturated rings. The van der Waals surface area contributed by atoms with E-state index in [1.54, 1.807) is 0 Å². The van der Waals surface area contributed by atoms with Crippen molar-refractivity contribution in [2.45, 2.75) is 39.2 Å². The lowest BCUT2D eigenvalue weighted by Crippen LogP contribution is -2.35. The highest BCUT2D eigenvalue weighted by Gasteiger charge is 2.13. The summed E-state index contributed by atoms with van der Waals surface area (Å²) in [5, 5.41) is 5.42. The number of halogens is 1. The highest BCUT2D eigenvalue weighted by molar-refractivity contribution is 6.31. The Bertz CT molecular complexity index is 1100. The van der Waals surface area contributed by atoms with Crippen molar-refractivity contribution in [2.75, 3.05) is 44.6 Å². The first-order valence-corrected chi connectivity index (χ1v) is 12.8. The molecule has 34 heavy (non-hydrogen) atoms. The number of nitrogens with zero attached hydrogens (tertiary/aromatic N) is 3. The molecule has 0 radical (unpaired) electrons. The third-order valence-corrected chi connectivity index (χ3v) is 6.80. The molecule has 4 rings (SSSR count). The lowest BCUT2D eigenvalue weighted by Gasteiger charge is -2.19. The van der Waals surface area contributed by atoms with Crippen LogP contribution in [-0.4, -0.2) is 60.3 Å². The minimum atomic E-state index is 0.0435. The fourth-order valence-electron chi connectivity index (χ4n) is 4.39. The van der Waals surface area contributed by atoms with Crippen molar-refractivity contribution in [1.29, 1.82) is 0 Å². The zero-order valence-electron chi connectivity index (χ0n) is 20.3. The molecule has 0 bridgehead atoms. The van der Waals surface area contributed by atoms with Crippen LogP contribution in [0.25, 0.3) is 6.08 Å². The Balaban J connectivity index is 1.30. The number of hydrogen-bond donors (Lipinski definition) is 2. The Hall–Kier alpha value is -2.41. The van der Waals surface area contributed by atoms with Crippen LogP contribution in [0.15, 0.2) is 52.8 Å². The molecule has 6 nitrogen and oxygen atoms in total. The molecule has 2 unspecified atom stereocenters. The fourth-order valence-corrected chi connectivity index (χ4v) is 4.55. The second-order valence-electron chi connectivity index (χ2n) is 8.93. The number of H-pyrrole nitrogens is 1. The van der Waals surface area contributed by atoms with Crippen LogP contribution in [0, 0.1) is 5.92 Å². The molecule has 182 valence electrons. The van der Waals surface area contributed by atoms with E-state index in [1.807, 2.05) is 12.3 Å². The van der Waals surface area contributed by atoms with Crippen LogP contribution in [0.4, 0.5) is 5.82 Å². The smallest absolute Gasteiger partial charge is 0.132 e. The topological polar surface area (TPSA) is 65.5 Å². The Labute approximate surface area is 207 Å². The predicted octanol–water partition coefficient (Wildman–Crippen LogP) is 3.64. The zero-order valence-corrected chi connectivity index (χ0v) is 21.0. The minimum Gasteiger partial charge on any atom is -0.372 e. The first-order valence-electron chi connectivity index (χ1n) is 12.4. The molecule has 2 aliphatic rings. The molecule has 0 spiro atoms. The second kappa shape index (κ2) is 12.3. The van der Waals surface area contributed by atoms with Crippen LogP contribution in [0.3, 0.4) is 0 Å². The third-order valence-electron chi connectivity index (χ3n) is 6.52. The van der Waals surface area contributed by atoms with E-state index in [-0.39, 0.29) is 6.10 Å². The van der Waals surface area contributed by atoms with E-state index in [2.05, 4.69) is 70.6 Å². The molecular formula is C27H36ClN5O. The summed E-state index contributed by atoms with van der Waals surface area (Å²) in [6.45, 7) is 9.97. The molecule has 0 saturated carbocycles. The van der Waals surface area contributed by atoms with Gasteiger partial charge in [0.2, 0.25) is 0 Å². The van der Waals surface area contributed by atoms with Gasteiger partial charge in [0.05, 0.1) is 12.6 Å². The van der Waals surface area contributed by atoms with Crippen molar-refractivity contribution in [1.82, 2.24) is 14.9 Å². The van der Waals surface area contributed by atoms with Crippen LogP contribution in [0.1, 0.15) is 37.8 Å². The van der Waals surface area contributed by atoms with Gasteiger partial charge in [0.1, 0.15) is 11.3 Å². The molecule has 0 amide bonds. The number of fused-ring (bicyclic) bond motifs is 1. The lowest BCUT2D eigenvalue weighted by molar-refractivity contribution is 0.0900. The van der Waals surface area contributed by atoms with Gasteiger partial charge in [-0.2, -0.15) is 0 Å². The number of pyridine rings is 1. The van der Waals surface area contributed by atoms with Gasteiger partial charge < -0.3 is 19.9 Å². The highest BCUT2D eigenvalue weighted by Crippen LogP contribution is 2.19. The lowest BCUT2D eigenvalue weighted by atomic mass is 10.0. The van der Waals surface area contributed by atoms with E-state index in [0.717, 1.165) is 73.6 Å². The molecule has 1 aliphatic heterocycles. The van der Waals surface area contributed by atoms with Gasteiger partial charge in [0.15, 0.2) is 0 Å². The van der Waals surface area contributed by atoms with E-state index < -0.39 is 0 Å². The molecule has 7 heteroatoms. The van der Waals surface area contributed by atoms with Crippen molar-refractivity contribution in [3.05, 3.63) is 69.6 Å². The Morgan fingerprint density at radius 2 is 2.15 bits per heavy atom. The van der Waals surface area contributed by atoms with Crippen molar-refractivity contribution >= 4 is 23.5 Å². The molecule has 2 atom stereocenters. The van der Waals surface area contributed by atoms with Crippen LogP contribution in [0.5, 0.6) is 0 Å². The number of allylic oxidation sites excluding steroid dienone is 3. The second-order valence-corrected chi connectivity index (χ2v) is 9.36. The first-order chi connectivity index (χ1) is 16.6. The van der Waals surface area contributed by atoms with E-state index >= 15 is 0 Å². The molecule has 0 aromatic carbocycles. The summed E-state index contributed by atoms with van der Waals surface area (Å²) in [5.41, 5.74) is 3.36. The maximum Gasteiger partial charge on any atom is 0.132 e. The Kier molecular flexibility index (Phi) is 8.97. The van der Waals surface area contributed by atoms with Crippen LogP contribution >= 0.6 is 11.6 Å². The van der Waals surface area contributed by atoms with Crippen LogP contribution in [0.2, 0.25) is 0 Å². The first kappa shape index (κ1) is 24.7. The average Bonchev–Trinajstić information content (AvgIpc) is 3.26. The van der Waals surface area contributed by atoms with Gasteiger partial charge in [-0.25, -0.2) is 4.98 Å². The molecule has 2 N–H and O–H groups in total. The number of ether oxygens (including phenoxy) is 1. The van der Waals surface area contributed by atoms with Crippen molar-refractivity contribution in [3.8, 4) is 0 Å².